The van der Waals surface area contributed by atoms with Gasteiger partial charge >= 0.3 is 5.97 Å². The van der Waals surface area contributed by atoms with Gasteiger partial charge in [0, 0.05) is 0 Å². The first-order chi connectivity index (χ1) is 10.2. The third kappa shape index (κ3) is 3.22. The van der Waals surface area contributed by atoms with Crippen molar-refractivity contribution in [2.24, 2.45) is 0 Å². The second kappa shape index (κ2) is 6.70. The summed E-state index contributed by atoms with van der Waals surface area (Å²) in [6.45, 7) is -0.352. The molecule has 2 saturated heterocycles. The number of carbonyl (C=O) groups is 1. The van der Waals surface area contributed by atoms with Crippen LogP contribution in [0.25, 0.3) is 0 Å². The van der Waals surface area contributed by atoms with E-state index in [-0.39, 0.29) is 6.61 Å². The van der Waals surface area contributed by atoms with Crippen molar-refractivity contribution in [3.8, 4) is 0 Å². The van der Waals surface area contributed by atoms with Gasteiger partial charge in [0.05, 0.1) is 6.61 Å². The summed E-state index contributed by atoms with van der Waals surface area (Å²) in [5.41, 5.74) is 0. The first kappa shape index (κ1) is 17.5. The number of aliphatic carboxylic acids is 1. The summed E-state index contributed by atoms with van der Waals surface area (Å²) in [7, 11) is 0. The number of carboxylic acids is 1. The number of hydrogen-bond donors (Lipinski definition) is 7. The Morgan fingerprint density at radius 2 is 1.59 bits per heavy atom. The minimum atomic E-state index is -1.89. The van der Waals surface area contributed by atoms with Gasteiger partial charge in [0.25, 0.3) is 0 Å². The normalized spacial score (nSPS) is 49.8. The van der Waals surface area contributed by atoms with Crippen LogP contribution in [-0.4, -0.2) is 104 Å². The average Bonchev–Trinajstić information content (AvgIpc) is 2.47. The zero-order valence-corrected chi connectivity index (χ0v) is 11.2. The van der Waals surface area contributed by atoms with Gasteiger partial charge in [-0.1, -0.05) is 0 Å². The maximum absolute atomic E-state index is 10.9. The minimum absolute atomic E-state index is 0.352. The van der Waals surface area contributed by atoms with E-state index in [0.717, 1.165) is 0 Å². The molecule has 11 heteroatoms. The highest BCUT2D eigenvalue weighted by Gasteiger charge is 2.50. The lowest BCUT2D eigenvalue weighted by molar-refractivity contribution is -0.347. The molecular weight excluding hydrogens is 308 g/mol. The number of aliphatic hydroxyl groups is 6. The number of ether oxygens (including phenoxy) is 3. The van der Waals surface area contributed by atoms with Crippen molar-refractivity contribution in [1.29, 1.82) is 0 Å². The second-order valence-electron chi connectivity index (χ2n) is 5.12. The fourth-order valence-corrected chi connectivity index (χ4v) is 2.25. The molecule has 22 heavy (non-hydrogen) atoms. The summed E-state index contributed by atoms with van der Waals surface area (Å²) < 4.78 is 14.6. The van der Waals surface area contributed by atoms with Crippen LogP contribution in [0.15, 0.2) is 0 Å². The zero-order chi connectivity index (χ0) is 16.6. The maximum Gasteiger partial charge on any atom is 0.335 e. The van der Waals surface area contributed by atoms with Crippen LogP contribution < -0.4 is 0 Å². The van der Waals surface area contributed by atoms with Crippen LogP contribution in [-0.2, 0) is 19.0 Å². The SMILES string of the molecule is O=C(O)[C@H]1O[C@H](O[C@@H]2[C@@H](O)[C@H](O)CO[C@H]2O)[C@H](O)[C@@H](O)[C@@H]1O. The first-order valence-corrected chi connectivity index (χ1v) is 6.47. The van der Waals surface area contributed by atoms with Gasteiger partial charge in [-0.05, 0) is 0 Å². The van der Waals surface area contributed by atoms with Crippen LogP contribution in [0, 0.1) is 0 Å². The zero-order valence-electron chi connectivity index (χ0n) is 11.2. The summed E-state index contributed by atoms with van der Waals surface area (Å²) in [5.74, 6) is -1.60. The summed E-state index contributed by atoms with van der Waals surface area (Å²) >= 11 is 0. The molecule has 0 spiro atoms. The molecule has 0 saturated carbocycles. The van der Waals surface area contributed by atoms with Crippen LogP contribution in [0.3, 0.4) is 0 Å². The van der Waals surface area contributed by atoms with Crippen LogP contribution in [0.4, 0.5) is 0 Å². The molecule has 2 aliphatic heterocycles. The molecule has 0 radical (unpaired) electrons. The molecule has 0 aromatic heterocycles. The predicted molar refractivity (Wildman–Crippen MR) is 63.2 cm³/mol. The van der Waals surface area contributed by atoms with Gasteiger partial charge in [0.2, 0.25) is 0 Å². The lowest BCUT2D eigenvalue weighted by Crippen LogP contribution is -2.63. The first-order valence-electron chi connectivity index (χ1n) is 6.47. The molecular formula is C11H18O11. The van der Waals surface area contributed by atoms with Crippen molar-refractivity contribution in [3.05, 3.63) is 0 Å². The van der Waals surface area contributed by atoms with E-state index in [1.807, 2.05) is 0 Å². The van der Waals surface area contributed by atoms with Crippen LogP contribution >= 0.6 is 0 Å². The van der Waals surface area contributed by atoms with E-state index in [1.165, 1.54) is 0 Å². The molecule has 7 N–H and O–H groups in total. The summed E-state index contributed by atoms with van der Waals surface area (Å²) in [5, 5.41) is 66.5. The van der Waals surface area contributed by atoms with Gasteiger partial charge in [-0.2, -0.15) is 0 Å². The van der Waals surface area contributed by atoms with Crippen molar-refractivity contribution < 1.29 is 54.8 Å². The third-order valence-electron chi connectivity index (χ3n) is 3.55. The fraction of sp³-hybridized carbons (Fsp3) is 0.909. The van der Waals surface area contributed by atoms with E-state index in [4.69, 9.17) is 19.3 Å². The largest absolute Gasteiger partial charge is 0.479 e. The molecule has 2 rings (SSSR count). The van der Waals surface area contributed by atoms with Crippen molar-refractivity contribution in [2.45, 2.75) is 55.3 Å². The number of hydrogen-bond acceptors (Lipinski definition) is 10. The highest BCUT2D eigenvalue weighted by Crippen LogP contribution is 2.26. The van der Waals surface area contributed by atoms with E-state index < -0.39 is 61.3 Å². The lowest BCUT2D eigenvalue weighted by atomic mass is 9.98. The highest BCUT2D eigenvalue weighted by atomic mass is 16.7. The molecule has 0 unspecified atom stereocenters. The maximum atomic E-state index is 10.9. The predicted octanol–water partition coefficient (Wildman–Crippen LogP) is -4.67. The van der Waals surface area contributed by atoms with Crippen molar-refractivity contribution >= 4 is 5.97 Å². The molecule has 0 amide bonds. The molecule has 0 aromatic carbocycles. The summed E-state index contributed by atoms with van der Waals surface area (Å²) in [4.78, 5) is 10.9. The van der Waals surface area contributed by atoms with E-state index in [2.05, 4.69) is 0 Å². The van der Waals surface area contributed by atoms with Gasteiger partial charge < -0.3 is 50.0 Å². The van der Waals surface area contributed by atoms with Crippen molar-refractivity contribution in [2.75, 3.05) is 6.61 Å². The van der Waals surface area contributed by atoms with E-state index in [9.17, 15) is 35.4 Å². The number of rotatable bonds is 3. The van der Waals surface area contributed by atoms with Crippen molar-refractivity contribution in [3.63, 3.8) is 0 Å². The second-order valence-corrected chi connectivity index (χ2v) is 5.12. The molecule has 2 heterocycles. The lowest BCUT2D eigenvalue weighted by Gasteiger charge is -2.42. The Hall–Kier alpha value is -0.890. The Balaban J connectivity index is 2.11. The summed E-state index contributed by atoms with van der Waals surface area (Å²) in [6, 6.07) is 0. The smallest absolute Gasteiger partial charge is 0.335 e. The van der Waals surface area contributed by atoms with Gasteiger partial charge in [-0.25, -0.2) is 4.79 Å². The Labute approximate surface area is 123 Å². The number of carboxylic acid groups (broad SMARTS) is 1. The molecule has 0 aliphatic carbocycles. The quantitative estimate of drug-likeness (QED) is 0.264. The molecule has 128 valence electrons. The van der Waals surface area contributed by atoms with Gasteiger partial charge in [0.15, 0.2) is 18.7 Å². The molecule has 0 aromatic rings. The average molecular weight is 326 g/mol. The van der Waals surface area contributed by atoms with E-state index in [0.29, 0.717) is 0 Å². The van der Waals surface area contributed by atoms with Crippen LogP contribution in [0.5, 0.6) is 0 Å². The Morgan fingerprint density at radius 1 is 0.955 bits per heavy atom. The fourth-order valence-electron chi connectivity index (χ4n) is 2.25. The monoisotopic (exact) mass is 326 g/mol. The Kier molecular flexibility index (Phi) is 5.32. The van der Waals surface area contributed by atoms with Crippen LogP contribution in [0.1, 0.15) is 0 Å². The Bertz CT molecular complexity index is 403. The van der Waals surface area contributed by atoms with Crippen LogP contribution in [0.2, 0.25) is 0 Å². The molecule has 9 atom stereocenters. The van der Waals surface area contributed by atoms with E-state index >= 15 is 0 Å². The minimum Gasteiger partial charge on any atom is -0.479 e. The number of aliphatic hydroxyl groups excluding tert-OH is 6. The highest BCUT2D eigenvalue weighted by molar-refractivity contribution is 5.73. The van der Waals surface area contributed by atoms with Crippen molar-refractivity contribution in [1.82, 2.24) is 0 Å². The Morgan fingerprint density at radius 3 is 2.18 bits per heavy atom. The summed E-state index contributed by atoms with van der Waals surface area (Å²) in [6.07, 6.45) is -15.5. The van der Waals surface area contributed by atoms with Gasteiger partial charge in [0.1, 0.15) is 36.6 Å². The molecule has 2 fully saturated rings. The molecule has 2 aliphatic rings. The third-order valence-corrected chi connectivity index (χ3v) is 3.55. The van der Waals surface area contributed by atoms with Gasteiger partial charge in [-0.15, -0.1) is 0 Å². The van der Waals surface area contributed by atoms with Gasteiger partial charge in [-0.3, -0.25) is 0 Å². The molecule has 0 bridgehead atoms. The standard InChI is InChI=1S/C11H18O11/c12-2-1-20-10(19)8(3(2)13)22-11-6(16)4(14)5(15)7(21-11)9(17)18/h2-8,10-16,19H,1H2,(H,17,18)/t2-,3+,4+,5+,6-,7+,8-,10-,11-/m1/s1. The van der Waals surface area contributed by atoms with E-state index in [1.54, 1.807) is 0 Å². The molecule has 11 nitrogen and oxygen atoms in total. The topological polar surface area (TPSA) is 186 Å².